The molecule has 2 atom stereocenters. The molecule has 1 N–H and O–H groups in total. The van der Waals surface area contributed by atoms with Crippen molar-refractivity contribution < 1.29 is 9.32 Å². The number of carbonyl (C=O) groups is 1. The lowest BCUT2D eigenvalue weighted by atomic mass is 9.99. The molecule has 0 spiro atoms. The second kappa shape index (κ2) is 7.03. The van der Waals surface area contributed by atoms with Gasteiger partial charge in [-0.15, -0.1) is 11.3 Å². The molecular formula is C17H22N4O2S. The summed E-state index contributed by atoms with van der Waals surface area (Å²) in [5.74, 6) is 1.22. The fourth-order valence-electron chi connectivity index (χ4n) is 3.78. The summed E-state index contributed by atoms with van der Waals surface area (Å²) in [7, 11) is 0. The van der Waals surface area contributed by atoms with Gasteiger partial charge in [-0.05, 0) is 37.3 Å². The molecule has 6 nitrogen and oxygen atoms in total. The Bertz CT molecular complexity index is 685. The fraction of sp³-hybridized carbons (Fsp3) is 0.588. The summed E-state index contributed by atoms with van der Waals surface area (Å²) >= 11 is 1.58. The zero-order valence-electron chi connectivity index (χ0n) is 13.6. The number of aryl methyl sites for hydroxylation is 1. The van der Waals surface area contributed by atoms with Crippen molar-refractivity contribution in [1.82, 2.24) is 20.4 Å². The number of thiophene rings is 1. The Morgan fingerprint density at radius 3 is 3.21 bits per heavy atom. The topological polar surface area (TPSA) is 71.3 Å². The minimum absolute atomic E-state index is 0.0864. The lowest BCUT2D eigenvalue weighted by Gasteiger charge is -2.32. The number of amides is 1. The first-order valence-electron chi connectivity index (χ1n) is 8.69. The maximum absolute atomic E-state index is 12.3. The van der Waals surface area contributed by atoms with Crippen LogP contribution in [0.5, 0.6) is 0 Å². The monoisotopic (exact) mass is 346 g/mol. The molecule has 2 aromatic rings. The van der Waals surface area contributed by atoms with Gasteiger partial charge in [0, 0.05) is 31.5 Å². The summed E-state index contributed by atoms with van der Waals surface area (Å²) in [6.07, 6.45) is 5.74. The quantitative estimate of drug-likeness (QED) is 0.900. The van der Waals surface area contributed by atoms with Gasteiger partial charge in [-0.2, -0.15) is 4.98 Å². The van der Waals surface area contributed by atoms with E-state index < -0.39 is 0 Å². The van der Waals surface area contributed by atoms with E-state index in [4.69, 9.17) is 4.52 Å². The van der Waals surface area contributed by atoms with Crippen LogP contribution in [0.3, 0.4) is 0 Å². The van der Waals surface area contributed by atoms with Gasteiger partial charge in [0.05, 0.1) is 4.88 Å². The van der Waals surface area contributed by atoms with Crippen LogP contribution in [-0.4, -0.2) is 46.1 Å². The van der Waals surface area contributed by atoms with Crippen LogP contribution in [-0.2, 0) is 11.2 Å². The molecule has 2 aliphatic heterocycles. The molecule has 2 aliphatic rings. The molecule has 0 radical (unpaired) electrons. The van der Waals surface area contributed by atoms with Crippen LogP contribution in [0.2, 0.25) is 0 Å². The molecule has 2 fully saturated rings. The van der Waals surface area contributed by atoms with E-state index >= 15 is 0 Å². The molecule has 2 saturated heterocycles. The highest BCUT2D eigenvalue weighted by atomic mass is 32.1. The number of rotatable bonds is 5. The number of carbonyl (C=O) groups excluding carboxylic acids is 1. The first-order chi connectivity index (χ1) is 11.8. The van der Waals surface area contributed by atoms with Crippen LogP contribution in [0.25, 0.3) is 10.7 Å². The summed E-state index contributed by atoms with van der Waals surface area (Å²) < 4.78 is 5.25. The van der Waals surface area contributed by atoms with E-state index in [-0.39, 0.29) is 5.91 Å². The molecule has 0 bridgehead atoms. The summed E-state index contributed by atoms with van der Waals surface area (Å²) in [5.41, 5.74) is 0. The van der Waals surface area contributed by atoms with E-state index in [1.165, 1.54) is 25.8 Å². The molecule has 0 aliphatic carbocycles. The van der Waals surface area contributed by atoms with E-state index in [0.717, 1.165) is 17.8 Å². The third kappa shape index (κ3) is 3.37. The Morgan fingerprint density at radius 1 is 1.38 bits per heavy atom. The Balaban J connectivity index is 1.28. The summed E-state index contributed by atoms with van der Waals surface area (Å²) in [6.45, 7) is 2.30. The van der Waals surface area contributed by atoms with Gasteiger partial charge in [-0.25, -0.2) is 0 Å². The predicted molar refractivity (Wildman–Crippen MR) is 91.7 cm³/mol. The number of nitrogens with one attached hydrogen (secondary N) is 1. The van der Waals surface area contributed by atoms with Gasteiger partial charge in [0.15, 0.2) is 0 Å². The number of nitrogens with zero attached hydrogens (tertiary/aromatic N) is 3. The molecule has 7 heteroatoms. The summed E-state index contributed by atoms with van der Waals surface area (Å²) in [4.78, 5) is 20.1. The zero-order valence-corrected chi connectivity index (χ0v) is 14.4. The largest absolute Gasteiger partial charge is 0.352 e. The van der Waals surface area contributed by atoms with Crippen molar-refractivity contribution in [1.29, 1.82) is 0 Å². The van der Waals surface area contributed by atoms with Crippen LogP contribution < -0.4 is 5.32 Å². The molecule has 2 aromatic heterocycles. The standard InChI is InChI=1S/C17H22N4O2S/c22-15(18-12-8-10-21-9-2-1-4-13(12)21)6-7-16-19-17(20-23-16)14-5-3-11-24-14/h3,5,11-13H,1-2,4,6-10H2,(H,18,22)/t12-,13+/m0/s1. The second-order valence-corrected chi connectivity index (χ2v) is 7.50. The van der Waals surface area contributed by atoms with Gasteiger partial charge in [-0.3, -0.25) is 9.69 Å². The highest BCUT2D eigenvalue weighted by Crippen LogP contribution is 2.27. The van der Waals surface area contributed by atoms with E-state index in [9.17, 15) is 4.79 Å². The van der Waals surface area contributed by atoms with Crippen LogP contribution >= 0.6 is 11.3 Å². The van der Waals surface area contributed by atoms with Crippen LogP contribution in [0.15, 0.2) is 22.0 Å². The lowest BCUT2D eigenvalue weighted by molar-refractivity contribution is -0.122. The average Bonchev–Trinajstić information content (AvgIpc) is 3.34. The van der Waals surface area contributed by atoms with Crippen LogP contribution in [0.1, 0.15) is 38.0 Å². The van der Waals surface area contributed by atoms with Crippen molar-refractivity contribution in [2.75, 3.05) is 13.1 Å². The first-order valence-corrected chi connectivity index (χ1v) is 9.57. The Kier molecular flexibility index (Phi) is 4.62. The van der Waals surface area contributed by atoms with Gasteiger partial charge in [0.25, 0.3) is 0 Å². The van der Waals surface area contributed by atoms with Gasteiger partial charge < -0.3 is 9.84 Å². The Morgan fingerprint density at radius 2 is 2.33 bits per heavy atom. The van der Waals surface area contributed by atoms with Gasteiger partial charge >= 0.3 is 0 Å². The zero-order chi connectivity index (χ0) is 16.4. The van der Waals surface area contributed by atoms with Gasteiger partial charge in [-0.1, -0.05) is 17.6 Å². The number of piperidine rings is 1. The first kappa shape index (κ1) is 15.8. The van der Waals surface area contributed by atoms with Crippen LogP contribution in [0.4, 0.5) is 0 Å². The third-order valence-corrected chi connectivity index (χ3v) is 5.84. The predicted octanol–water partition coefficient (Wildman–Crippen LogP) is 2.47. The number of hydrogen-bond donors (Lipinski definition) is 1. The van der Waals surface area contributed by atoms with Gasteiger partial charge in [0.1, 0.15) is 0 Å². The SMILES string of the molecule is O=C(CCc1nc(-c2cccs2)no1)N[C@H]1CCN2CCCC[C@H]12. The average molecular weight is 346 g/mol. The van der Waals surface area contributed by atoms with Gasteiger partial charge in [0.2, 0.25) is 17.6 Å². The van der Waals surface area contributed by atoms with Crippen molar-refractivity contribution in [2.24, 2.45) is 0 Å². The fourth-order valence-corrected chi connectivity index (χ4v) is 4.43. The third-order valence-electron chi connectivity index (χ3n) is 4.98. The lowest BCUT2D eigenvalue weighted by Crippen LogP contribution is -2.46. The second-order valence-electron chi connectivity index (χ2n) is 6.55. The van der Waals surface area contributed by atoms with Crippen molar-refractivity contribution in [3.05, 3.63) is 23.4 Å². The molecule has 4 heterocycles. The van der Waals surface area contributed by atoms with Crippen molar-refractivity contribution >= 4 is 17.2 Å². The maximum Gasteiger partial charge on any atom is 0.227 e. The molecule has 0 unspecified atom stereocenters. The minimum Gasteiger partial charge on any atom is -0.352 e. The van der Waals surface area contributed by atoms with E-state index in [0.29, 0.717) is 36.6 Å². The minimum atomic E-state index is 0.0864. The highest BCUT2D eigenvalue weighted by molar-refractivity contribution is 7.13. The summed E-state index contributed by atoms with van der Waals surface area (Å²) in [6, 6.07) is 4.76. The normalized spacial score (nSPS) is 24.0. The number of hydrogen-bond acceptors (Lipinski definition) is 6. The maximum atomic E-state index is 12.3. The van der Waals surface area contributed by atoms with Crippen LogP contribution in [0, 0.1) is 0 Å². The number of aromatic nitrogens is 2. The Hall–Kier alpha value is -1.73. The molecule has 4 rings (SSSR count). The molecule has 0 saturated carbocycles. The number of fused-ring (bicyclic) bond motifs is 1. The highest BCUT2D eigenvalue weighted by Gasteiger charge is 2.36. The molecule has 1 amide bonds. The van der Waals surface area contributed by atoms with E-state index in [1.54, 1.807) is 11.3 Å². The van der Waals surface area contributed by atoms with Crippen molar-refractivity contribution in [3.63, 3.8) is 0 Å². The van der Waals surface area contributed by atoms with E-state index in [1.807, 2.05) is 17.5 Å². The van der Waals surface area contributed by atoms with Crippen molar-refractivity contribution in [2.45, 2.75) is 50.6 Å². The Labute approximate surface area is 145 Å². The molecule has 0 aromatic carbocycles. The molecule has 24 heavy (non-hydrogen) atoms. The van der Waals surface area contributed by atoms with Crippen molar-refractivity contribution in [3.8, 4) is 10.7 Å². The summed E-state index contributed by atoms with van der Waals surface area (Å²) in [5, 5.41) is 9.18. The molecular weight excluding hydrogens is 324 g/mol. The smallest absolute Gasteiger partial charge is 0.227 e. The van der Waals surface area contributed by atoms with E-state index in [2.05, 4.69) is 20.4 Å². The molecule has 128 valence electrons.